The molecule has 0 saturated carbocycles. The van der Waals surface area contributed by atoms with Crippen molar-refractivity contribution in [3.05, 3.63) is 22.6 Å². The van der Waals surface area contributed by atoms with Crippen LogP contribution in [0.25, 0.3) is 5.65 Å². The highest BCUT2D eigenvalue weighted by Gasteiger charge is 2.02. The van der Waals surface area contributed by atoms with Crippen LogP contribution in [0.4, 0.5) is 5.82 Å². The second-order valence-corrected chi connectivity index (χ2v) is 3.79. The molecule has 2 rings (SSSR count). The smallest absolute Gasteiger partial charge is 0.364 e. The molecule has 0 fully saturated rings. The fourth-order valence-corrected chi connectivity index (χ4v) is 1.21. The topological polar surface area (TPSA) is 75.1 Å². The summed E-state index contributed by atoms with van der Waals surface area (Å²) in [6.07, 6.45) is 0. The Bertz CT molecular complexity index is 512. The number of rotatable bonds is 3. The zero-order valence-corrected chi connectivity index (χ0v) is 8.69. The van der Waals surface area contributed by atoms with Crippen LogP contribution in [0.1, 0.15) is 13.8 Å². The molecule has 2 aromatic rings. The average Bonchev–Trinajstić information content (AvgIpc) is 2.57. The second-order valence-electron chi connectivity index (χ2n) is 3.79. The zero-order valence-electron chi connectivity index (χ0n) is 8.69. The highest BCUT2D eigenvalue weighted by molar-refractivity contribution is 5.42. The maximum absolute atomic E-state index is 11.2. The van der Waals surface area contributed by atoms with Crippen molar-refractivity contribution in [2.75, 3.05) is 11.9 Å². The zero-order chi connectivity index (χ0) is 10.8. The monoisotopic (exact) mass is 207 g/mol. The van der Waals surface area contributed by atoms with Gasteiger partial charge in [-0.25, -0.2) is 9.89 Å². The normalized spacial score (nSPS) is 11.1. The predicted molar refractivity (Wildman–Crippen MR) is 56.9 cm³/mol. The molecule has 0 saturated heterocycles. The average molecular weight is 207 g/mol. The van der Waals surface area contributed by atoms with Gasteiger partial charge in [-0.1, -0.05) is 13.8 Å². The number of aromatic nitrogens is 4. The van der Waals surface area contributed by atoms with Gasteiger partial charge in [0.15, 0.2) is 5.65 Å². The Balaban J connectivity index is 2.29. The number of fused-ring (bicyclic) bond motifs is 1. The number of H-pyrrole nitrogens is 1. The van der Waals surface area contributed by atoms with E-state index >= 15 is 0 Å². The van der Waals surface area contributed by atoms with Gasteiger partial charge in [-0.05, 0) is 18.1 Å². The van der Waals surface area contributed by atoms with Gasteiger partial charge in [-0.2, -0.15) is 9.61 Å². The van der Waals surface area contributed by atoms with Crippen molar-refractivity contribution >= 4 is 11.5 Å². The first-order valence-corrected chi connectivity index (χ1v) is 4.85. The molecule has 2 N–H and O–H groups in total. The van der Waals surface area contributed by atoms with E-state index < -0.39 is 0 Å². The Kier molecular flexibility index (Phi) is 2.40. The molecule has 0 spiro atoms. The lowest BCUT2D eigenvalue weighted by Crippen LogP contribution is -2.15. The first-order valence-electron chi connectivity index (χ1n) is 4.85. The summed E-state index contributed by atoms with van der Waals surface area (Å²) in [5.74, 6) is 1.21. The highest BCUT2D eigenvalue weighted by atomic mass is 16.2. The summed E-state index contributed by atoms with van der Waals surface area (Å²) >= 11 is 0. The summed E-state index contributed by atoms with van der Waals surface area (Å²) < 4.78 is 1.24. The van der Waals surface area contributed by atoms with Crippen molar-refractivity contribution in [1.29, 1.82) is 0 Å². The van der Waals surface area contributed by atoms with E-state index in [1.165, 1.54) is 4.52 Å². The van der Waals surface area contributed by atoms with Crippen LogP contribution >= 0.6 is 0 Å². The lowest BCUT2D eigenvalue weighted by atomic mass is 10.2. The molecule has 0 aliphatic heterocycles. The van der Waals surface area contributed by atoms with E-state index in [1.807, 2.05) is 0 Å². The standard InChI is InChI=1S/C9H13N5O/c1-6(2)5-10-7-3-4-8-11-12-9(15)14(8)13-7/h3-4,6H,5H2,1-2H3,(H,10,13)(H,12,15). The highest BCUT2D eigenvalue weighted by Crippen LogP contribution is 2.03. The first-order chi connectivity index (χ1) is 7.16. The van der Waals surface area contributed by atoms with Crippen molar-refractivity contribution in [2.45, 2.75) is 13.8 Å². The minimum atomic E-state index is -0.321. The van der Waals surface area contributed by atoms with Gasteiger partial charge in [0, 0.05) is 6.54 Å². The van der Waals surface area contributed by atoms with E-state index in [0.29, 0.717) is 17.4 Å². The van der Waals surface area contributed by atoms with Crippen molar-refractivity contribution in [3.63, 3.8) is 0 Å². The van der Waals surface area contributed by atoms with E-state index in [9.17, 15) is 4.79 Å². The molecule has 15 heavy (non-hydrogen) atoms. The molecule has 0 amide bonds. The van der Waals surface area contributed by atoms with Gasteiger partial charge in [-0.3, -0.25) is 0 Å². The molecule has 6 heteroatoms. The van der Waals surface area contributed by atoms with E-state index in [4.69, 9.17) is 0 Å². The largest absolute Gasteiger partial charge is 0.368 e. The number of nitrogens with one attached hydrogen (secondary N) is 2. The fourth-order valence-electron chi connectivity index (χ4n) is 1.21. The van der Waals surface area contributed by atoms with Crippen LogP contribution in [0.5, 0.6) is 0 Å². The second kappa shape index (κ2) is 3.72. The van der Waals surface area contributed by atoms with Gasteiger partial charge >= 0.3 is 5.69 Å². The predicted octanol–water partition coefficient (Wildman–Crippen LogP) is 0.485. The molecule has 2 heterocycles. The molecular formula is C9H13N5O. The van der Waals surface area contributed by atoms with Crippen molar-refractivity contribution < 1.29 is 0 Å². The molecule has 6 nitrogen and oxygen atoms in total. The van der Waals surface area contributed by atoms with Gasteiger partial charge in [-0.15, -0.1) is 5.10 Å². The third kappa shape index (κ3) is 1.98. The number of nitrogens with zero attached hydrogens (tertiary/aromatic N) is 3. The summed E-state index contributed by atoms with van der Waals surface area (Å²) in [6, 6.07) is 3.55. The number of aromatic amines is 1. The maximum atomic E-state index is 11.2. The van der Waals surface area contributed by atoms with Crippen LogP contribution in [-0.4, -0.2) is 26.4 Å². The van der Waals surface area contributed by atoms with Crippen molar-refractivity contribution in [3.8, 4) is 0 Å². The molecular weight excluding hydrogens is 194 g/mol. The Hall–Kier alpha value is -1.85. The lowest BCUT2D eigenvalue weighted by Gasteiger charge is -2.07. The molecule has 0 aliphatic carbocycles. The van der Waals surface area contributed by atoms with E-state index in [2.05, 4.69) is 34.5 Å². The molecule has 0 aliphatic rings. The van der Waals surface area contributed by atoms with Crippen LogP contribution < -0.4 is 11.0 Å². The molecule has 80 valence electrons. The number of anilines is 1. The SMILES string of the molecule is CC(C)CNc1ccc2n[nH]c(=O)n2n1. The van der Waals surface area contributed by atoms with E-state index in [-0.39, 0.29) is 5.69 Å². The van der Waals surface area contributed by atoms with Crippen LogP contribution in [0.15, 0.2) is 16.9 Å². The molecule has 2 aromatic heterocycles. The van der Waals surface area contributed by atoms with E-state index in [0.717, 1.165) is 6.54 Å². The summed E-state index contributed by atoms with van der Waals surface area (Å²) in [4.78, 5) is 11.2. The number of hydrogen-bond acceptors (Lipinski definition) is 4. The maximum Gasteiger partial charge on any atom is 0.364 e. The lowest BCUT2D eigenvalue weighted by molar-refractivity contribution is 0.684. The minimum Gasteiger partial charge on any atom is -0.368 e. The quantitative estimate of drug-likeness (QED) is 0.767. The molecule has 0 radical (unpaired) electrons. The Morgan fingerprint density at radius 2 is 2.33 bits per heavy atom. The van der Waals surface area contributed by atoms with Crippen LogP contribution in [0, 0.1) is 5.92 Å². The van der Waals surface area contributed by atoms with Gasteiger partial charge < -0.3 is 5.32 Å². The van der Waals surface area contributed by atoms with Gasteiger partial charge in [0.1, 0.15) is 5.82 Å². The van der Waals surface area contributed by atoms with Crippen molar-refractivity contribution in [2.24, 2.45) is 5.92 Å². The molecule has 0 unspecified atom stereocenters. The summed E-state index contributed by atoms with van der Waals surface area (Å²) in [7, 11) is 0. The number of hydrogen-bond donors (Lipinski definition) is 2. The molecule has 0 atom stereocenters. The minimum absolute atomic E-state index is 0.321. The summed E-state index contributed by atoms with van der Waals surface area (Å²) in [5.41, 5.74) is 0.202. The molecule has 0 bridgehead atoms. The Morgan fingerprint density at radius 1 is 1.53 bits per heavy atom. The van der Waals surface area contributed by atoms with Crippen LogP contribution in [-0.2, 0) is 0 Å². The molecule has 0 aromatic carbocycles. The van der Waals surface area contributed by atoms with Gasteiger partial charge in [0.05, 0.1) is 0 Å². The summed E-state index contributed by atoms with van der Waals surface area (Å²) in [6.45, 7) is 5.04. The third-order valence-electron chi connectivity index (χ3n) is 1.96. The Morgan fingerprint density at radius 3 is 3.07 bits per heavy atom. The van der Waals surface area contributed by atoms with E-state index in [1.54, 1.807) is 12.1 Å². The first kappa shape index (κ1) is 9.70. The fraction of sp³-hybridized carbons (Fsp3) is 0.444. The van der Waals surface area contributed by atoms with Gasteiger partial charge in [0.2, 0.25) is 0 Å². The van der Waals surface area contributed by atoms with Crippen LogP contribution in [0.2, 0.25) is 0 Å². The van der Waals surface area contributed by atoms with Crippen molar-refractivity contribution in [1.82, 2.24) is 19.8 Å². The van der Waals surface area contributed by atoms with Crippen LogP contribution in [0.3, 0.4) is 0 Å². The van der Waals surface area contributed by atoms with Gasteiger partial charge in [0.25, 0.3) is 0 Å². The Labute approximate surface area is 86.3 Å². The third-order valence-corrected chi connectivity index (χ3v) is 1.96. The summed E-state index contributed by atoms with van der Waals surface area (Å²) in [5, 5.41) is 13.4.